The predicted octanol–water partition coefficient (Wildman–Crippen LogP) is 2.41. The molecule has 0 spiro atoms. The highest BCUT2D eigenvalue weighted by Gasteiger charge is 2.37. The average molecular weight is 262 g/mol. The fourth-order valence-corrected chi connectivity index (χ4v) is 2.41. The van der Waals surface area contributed by atoms with Gasteiger partial charge in [-0.25, -0.2) is 0 Å². The van der Waals surface area contributed by atoms with Crippen LogP contribution in [0.25, 0.3) is 0 Å². The molecule has 2 atom stereocenters. The number of nitrogens with zero attached hydrogens (tertiary/aromatic N) is 1. The van der Waals surface area contributed by atoms with E-state index in [2.05, 4.69) is 19.2 Å². The fraction of sp³-hybridized carbons (Fsp3) is 0.500. The lowest BCUT2D eigenvalue weighted by molar-refractivity contribution is -0.529. The normalized spacial score (nSPS) is 23.2. The Bertz CT molecular complexity index is 482. The maximum absolute atomic E-state index is 11.5. The van der Waals surface area contributed by atoms with Gasteiger partial charge in [0.15, 0.2) is 0 Å². The van der Waals surface area contributed by atoms with Crippen molar-refractivity contribution >= 4 is 5.91 Å². The molecule has 1 aliphatic rings. The standard InChI is InChI=1S/C14H18N2O3/c1-9(2)10-3-5-11(6-4-10)14-12(16(18)19)7-8-13(17)15-14/h3-6,9,12,14H,7-8H2,1-2H3,(H,15,17)/t12-,14-/m1/s1. The molecule has 1 N–H and O–H groups in total. The second-order valence-electron chi connectivity index (χ2n) is 5.26. The van der Waals surface area contributed by atoms with E-state index in [1.807, 2.05) is 24.3 Å². The number of benzene rings is 1. The summed E-state index contributed by atoms with van der Waals surface area (Å²) in [5, 5.41) is 13.8. The van der Waals surface area contributed by atoms with E-state index in [0.717, 1.165) is 5.56 Å². The second-order valence-corrected chi connectivity index (χ2v) is 5.26. The van der Waals surface area contributed by atoms with Gasteiger partial charge in [0.2, 0.25) is 11.9 Å². The molecule has 5 heteroatoms. The van der Waals surface area contributed by atoms with E-state index in [4.69, 9.17) is 0 Å². The summed E-state index contributed by atoms with van der Waals surface area (Å²) in [5.74, 6) is 0.303. The minimum Gasteiger partial charge on any atom is -0.343 e. The van der Waals surface area contributed by atoms with Gasteiger partial charge in [-0.1, -0.05) is 38.1 Å². The third kappa shape index (κ3) is 2.92. The van der Waals surface area contributed by atoms with Gasteiger partial charge in [-0.3, -0.25) is 14.9 Å². The van der Waals surface area contributed by atoms with Crippen molar-refractivity contribution in [3.63, 3.8) is 0 Å². The van der Waals surface area contributed by atoms with E-state index in [1.165, 1.54) is 5.56 Å². The van der Waals surface area contributed by atoms with E-state index < -0.39 is 12.1 Å². The van der Waals surface area contributed by atoms with Crippen molar-refractivity contribution in [2.75, 3.05) is 0 Å². The van der Waals surface area contributed by atoms with Crippen LogP contribution in [0.15, 0.2) is 24.3 Å². The molecule has 0 aromatic heterocycles. The molecule has 0 radical (unpaired) electrons. The van der Waals surface area contributed by atoms with E-state index in [9.17, 15) is 14.9 Å². The average Bonchev–Trinajstić information content (AvgIpc) is 2.38. The molecule has 1 fully saturated rings. The Morgan fingerprint density at radius 1 is 1.32 bits per heavy atom. The van der Waals surface area contributed by atoms with Gasteiger partial charge >= 0.3 is 0 Å². The lowest BCUT2D eigenvalue weighted by Crippen LogP contribution is -2.45. The van der Waals surface area contributed by atoms with Crippen LogP contribution in [0, 0.1) is 10.1 Å². The summed E-state index contributed by atoms with van der Waals surface area (Å²) in [7, 11) is 0. The Balaban J connectivity index is 2.26. The number of hydrogen-bond acceptors (Lipinski definition) is 3. The van der Waals surface area contributed by atoms with Crippen LogP contribution in [0.1, 0.15) is 49.8 Å². The first-order chi connectivity index (χ1) is 8.99. The van der Waals surface area contributed by atoms with Crippen molar-refractivity contribution in [1.29, 1.82) is 0 Å². The zero-order valence-corrected chi connectivity index (χ0v) is 11.1. The summed E-state index contributed by atoms with van der Waals surface area (Å²) in [4.78, 5) is 22.2. The van der Waals surface area contributed by atoms with Crippen LogP contribution in [-0.2, 0) is 4.79 Å². The molecule has 1 amide bonds. The van der Waals surface area contributed by atoms with Crippen LogP contribution in [0.5, 0.6) is 0 Å². The van der Waals surface area contributed by atoms with Crippen LogP contribution in [-0.4, -0.2) is 16.9 Å². The number of rotatable bonds is 3. The Labute approximate surface area is 112 Å². The van der Waals surface area contributed by atoms with Gasteiger partial charge in [-0.05, 0) is 17.0 Å². The lowest BCUT2D eigenvalue weighted by Gasteiger charge is -2.27. The van der Waals surface area contributed by atoms with Gasteiger partial charge in [0.25, 0.3) is 0 Å². The molecule has 0 unspecified atom stereocenters. The molecule has 1 saturated heterocycles. The van der Waals surface area contributed by atoms with Crippen molar-refractivity contribution in [1.82, 2.24) is 5.32 Å². The van der Waals surface area contributed by atoms with Crippen LogP contribution >= 0.6 is 0 Å². The first-order valence-electron chi connectivity index (χ1n) is 6.51. The van der Waals surface area contributed by atoms with Gasteiger partial charge < -0.3 is 5.32 Å². The molecule has 0 bridgehead atoms. The molecule has 102 valence electrons. The van der Waals surface area contributed by atoms with Crippen molar-refractivity contribution in [2.45, 2.75) is 44.7 Å². The number of nitro groups is 1. The van der Waals surface area contributed by atoms with E-state index >= 15 is 0 Å². The third-order valence-electron chi connectivity index (χ3n) is 3.60. The predicted molar refractivity (Wildman–Crippen MR) is 71.4 cm³/mol. The van der Waals surface area contributed by atoms with Gasteiger partial charge in [-0.15, -0.1) is 0 Å². The van der Waals surface area contributed by atoms with Crippen molar-refractivity contribution in [2.24, 2.45) is 0 Å². The molecular formula is C14H18N2O3. The number of amides is 1. The first-order valence-corrected chi connectivity index (χ1v) is 6.51. The van der Waals surface area contributed by atoms with E-state index in [-0.39, 0.29) is 17.3 Å². The van der Waals surface area contributed by atoms with Gasteiger partial charge in [0.1, 0.15) is 6.04 Å². The molecular weight excluding hydrogens is 244 g/mol. The zero-order chi connectivity index (χ0) is 14.0. The van der Waals surface area contributed by atoms with Crippen molar-refractivity contribution in [3.8, 4) is 0 Å². The van der Waals surface area contributed by atoms with Crippen molar-refractivity contribution < 1.29 is 9.72 Å². The maximum Gasteiger partial charge on any atom is 0.237 e. The third-order valence-corrected chi connectivity index (χ3v) is 3.60. The van der Waals surface area contributed by atoms with Gasteiger partial charge in [-0.2, -0.15) is 0 Å². The van der Waals surface area contributed by atoms with Crippen molar-refractivity contribution in [3.05, 3.63) is 45.5 Å². The highest BCUT2D eigenvalue weighted by molar-refractivity contribution is 5.77. The monoisotopic (exact) mass is 262 g/mol. The smallest absolute Gasteiger partial charge is 0.237 e. The molecule has 1 aromatic rings. The van der Waals surface area contributed by atoms with Gasteiger partial charge in [0, 0.05) is 17.8 Å². The van der Waals surface area contributed by atoms with Crippen LogP contribution in [0.4, 0.5) is 0 Å². The van der Waals surface area contributed by atoms with E-state index in [0.29, 0.717) is 12.3 Å². The number of piperidine rings is 1. The Hall–Kier alpha value is -1.91. The number of nitrogens with one attached hydrogen (secondary N) is 1. The minimum atomic E-state index is -0.734. The first kappa shape index (κ1) is 13.5. The molecule has 1 aromatic carbocycles. The summed E-state index contributed by atoms with van der Waals surface area (Å²) in [6.07, 6.45) is 0.529. The number of hydrogen-bond donors (Lipinski definition) is 1. The highest BCUT2D eigenvalue weighted by atomic mass is 16.6. The molecule has 5 nitrogen and oxygen atoms in total. The van der Waals surface area contributed by atoms with Crippen LogP contribution < -0.4 is 5.32 Å². The molecule has 1 aliphatic heterocycles. The summed E-state index contributed by atoms with van der Waals surface area (Å²) >= 11 is 0. The highest BCUT2D eigenvalue weighted by Crippen LogP contribution is 2.27. The lowest BCUT2D eigenvalue weighted by atomic mass is 9.91. The maximum atomic E-state index is 11.5. The minimum absolute atomic E-state index is 0.115. The molecule has 19 heavy (non-hydrogen) atoms. The van der Waals surface area contributed by atoms with Gasteiger partial charge in [0.05, 0.1) is 0 Å². The van der Waals surface area contributed by atoms with Crippen LogP contribution in [0.2, 0.25) is 0 Å². The van der Waals surface area contributed by atoms with E-state index in [1.54, 1.807) is 0 Å². The molecule has 1 heterocycles. The Morgan fingerprint density at radius 2 is 1.95 bits per heavy atom. The SMILES string of the molecule is CC(C)c1ccc([C@H]2NC(=O)CC[C@H]2[N+](=O)[O-])cc1. The summed E-state index contributed by atoms with van der Waals surface area (Å²) < 4.78 is 0. The molecule has 0 saturated carbocycles. The quantitative estimate of drug-likeness (QED) is 0.671. The van der Waals surface area contributed by atoms with Crippen LogP contribution in [0.3, 0.4) is 0 Å². The summed E-state index contributed by atoms with van der Waals surface area (Å²) in [6.45, 7) is 4.19. The largest absolute Gasteiger partial charge is 0.343 e. The summed E-state index contributed by atoms with van der Waals surface area (Å²) in [6, 6.07) is 6.44. The summed E-state index contributed by atoms with van der Waals surface area (Å²) in [5.41, 5.74) is 1.99. The molecule has 0 aliphatic carbocycles. The fourth-order valence-electron chi connectivity index (χ4n) is 2.41. The topological polar surface area (TPSA) is 72.2 Å². The Morgan fingerprint density at radius 3 is 2.47 bits per heavy atom. The second kappa shape index (κ2) is 5.38. The Kier molecular flexibility index (Phi) is 3.83. The zero-order valence-electron chi connectivity index (χ0n) is 11.1. The molecule has 2 rings (SSSR count). The number of carbonyl (C=O) groups excluding carboxylic acids is 1. The number of carbonyl (C=O) groups is 1.